The molecule has 2 aromatic rings. The Hall–Kier alpha value is -1.88. The van der Waals surface area contributed by atoms with Crippen LogP contribution in [0.25, 0.3) is 0 Å². The maximum Gasteiger partial charge on any atom is 0.227 e. The molecule has 94 valence electrons. The molecule has 1 amide bonds. The summed E-state index contributed by atoms with van der Waals surface area (Å²) in [4.78, 5) is 16.1. The van der Waals surface area contributed by atoms with Gasteiger partial charge in [0.1, 0.15) is 5.01 Å². The first-order chi connectivity index (χ1) is 8.66. The van der Waals surface area contributed by atoms with E-state index in [0.29, 0.717) is 12.2 Å². The summed E-state index contributed by atoms with van der Waals surface area (Å²) in [6, 6.07) is 7.40. The predicted octanol–water partition coefficient (Wildman–Crippen LogP) is 2.15. The zero-order valence-electron chi connectivity index (χ0n) is 10.1. The van der Waals surface area contributed by atoms with Gasteiger partial charge in [-0.25, -0.2) is 4.98 Å². The van der Waals surface area contributed by atoms with Gasteiger partial charge in [0, 0.05) is 17.3 Å². The zero-order chi connectivity index (χ0) is 13.0. The number of carbonyl (C=O) groups excluding carboxylic acids is 1. The molecule has 5 heteroatoms. The maximum atomic E-state index is 12.0. The van der Waals surface area contributed by atoms with E-state index >= 15 is 0 Å². The van der Waals surface area contributed by atoms with Crippen LogP contribution in [0.2, 0.25) is 0 Å². The molecule has 0 radical (unpaired) electrons. The molecule has 0 aliphatic heterocycles. The number of amides is 1. The number of benzene rings is 1. The molecule has 0 aliphatic rings. The molecule has 1 heterocycles. The Balaban J connectivity index is 1.96. The van der Waals surface area contributed by atoms with Gasteiger partial charge in [-0.05, 0) is 24.6 Å². The fourth-order valence-electron chi connectivity index (χ4n) is 1.64. The molecule has 2 rings (SSSR count). The Labute approximate surface area is 110 Å². The van der Waals surface area contributed by atoms with Gasteiger partial charge in [-0.2, -0.15) is 0 Å². The molecule has 1 unspecified atom stereocenters. The molecule has 0 saturated carbocycles. The van der Waals surface area contributed by atoms with Gasteiger partial charge in [0.2, 0.25) is 5.91 Å². The molecule has 1 aromatic carbocycles. The normalized spacial score (nSPS) is 12.1. The lowest BCUT2D eigenvalue weighted by atomic mass is 10.00. The summed E-state index contributed by atoms with van der Waals surface area (Å²) in [6.45, 7) is 2.34. The first kappa shape index (κ1) is 12.6. The number of thiazole rings is 1. The monoisotopic (exact) mass is 261 g/mol. The minimum atomic E-state index is -0.214. The van der Waals surface area contributed by atoms with Crippen molar-refractivity contribution in [1.29, 1.82) is 0 Å². The number of hydrogen-bond donors (Lipinski definition) is 2. The van der Waals surface area contributed by atoms with Crippen molar-refractivity contribution in [3.8, 4) is 0 Å². The molecule has 1 aromatic heterocycles. The summed E-state index contributed by atoms with van der Waals surface area (Å²) in [5.74, 6) is -0.232. The number of nitrogen functional groups attached to an aromatic ring is 1. The van der Waals surface area contributed by atoms with Crippen LogP contribution in [0.15, 0.2) is 35.8 Å². The second kappa shape index (κ2) is 5.64. The zero-order valence-corrected chi connectivity index (χ0v) is 10.9. The summed E-state index contributed by atoms with van der Waals surface area (Å²) in [5.41, 5.74) is 7.30. The van der Waals surface area contributed by atoms with E-state index in [1.165, 1.54) is 11.3 Å². The van der Waals surface area contributed by atoms with Gasteiger partial charge in [0.25, 0.3) is 0 Å². The quantitative estimate of drug-likeness (QED) is 0.829. The molecule has 1 atom stereocenters. The van der Waals surface area contributed by atoms with Crippen molar-refractivity contribution in [3.63, 3.8) is 0 Å². The van der Waals surface area contributed by atoms with Gasteiger partial charge in [-0.1, -0.05) is 12.1 Å². The SMILES string of the molecule is CC(C(=O)NCc1nccs1)c1cccc(N)c1. The van der Waals surface area contributed by atoms with Crippen molar-refractivity contribution in [2.75, 3.05) is 5.73 Å². The number of hydrogen-bond acceptors (Lipinski definition) is 4. The fourth-order valence-corrected chi connectivity index (χ4v) is 2.19. The number of nitrogens with zero attached hydrogens (tertiary/aromatic N) is 1. The lowest BCUT2D eigenvalue weighted by molar-refractivity contribution is -0.122. The van der Waals surface area contributed by atoms with Crippen LogP contribution in [-0.4, -0.2) is 10.9 Å². The van der Waals surface area contributed by atoms with Gasteiger partial charge in [-0.3, -0.25) is 4.79 Å². The lowest BCUT2D eigenvalue weighted by Gasteiger charge is -2.12. The molecule has 0 spiro atoms. The van der Waals surface area contributed by atoms with Crippen molar-refractivity contribution in [2.24, 2.45) is 0 Å². The second-order valence-corrected chi connectivity index (χ2v) is 5.01. The van der Waals surface area contributed by atoms with Gasteiger partial charge >= 0.3 is 0 Å². The smallest absolute Gasteiger partial charge is 0.227 e. The van der Waals surface area contributed by atoms with E-state index in [4.69, 9.17) is 5.73 Å². The first-order valence-corrected chi connectivity index (χ1v) is 6.56. The van der Waals surface area contributed by atoms with Crippen LogP contribution in [0.1, 0.15) is 23.4 Å². The van der Waals surface area contributed by atoms with E-state index in [-0.39, 0.29) is 11.8 Å². The number of carbonyl (C=O) groups is 1. The third-order valence-electron chi connectivity index (χ3n) is 2.70. The van der Waals surface area contributed by atoms with Gasteiger partial charge in [-0.15, -0.1) is 11.3 Å². The van der Waals surface area contributed by atoms with Crippen LogP contribution in [0, 0.1) is 0 Å². The fraction of sp³-hybridized carbons (Fsp3) is 0.231. The van der Waals surface area contributed by atoms with Gasteiger partial charge < -0.3 is 11.1 Å². The topological polar surface area (TPSA) is 68.0 Å². The summed E-state index contributed by atoms with van der Waals surface area (Å²) < 4.78 is 0. The number of aromatic nitrogens is 1. The van der Waals surface area contributed by atoms with E-state index in [0.717, 1.165) is 10.6 Å². The van der Waals surface area contributed by atoms with E-state index < -0.39 is 0 Å². The molecule has 0 bridgehead atoms. The van der Waals surface area contributed by atoms with Crippen LogP contribution >= 0.6 is 11.3 Å². The average Bonchev–Trinajstić information content (AvgIpc) is 2.88. The van der Waals surface area contributed by atoms with Crippen molar-refractivity contribution in [3.05, 3.63) is 46.4 Å². The Bertz CT molecular complexity index is 525. The summed E-state index contributed by atoms with van der Waals surface area (Å²) in [7, 11) is 0. The molecular formula is C13H15N3OS. The standard InChI is InChI=1S/C13H15N3OS/c1-9(10-3-2-4-11(14)7-10)13(17)16-8-12-15-5-6-18-12/h2-7,9H,8,14H2,1H3,(H,16,17). The third-order valence-corrected chi connectivity index (χ3v) is 3.48. The van der Waals surface area contributed by atoms with Crippen LogP contribution in [-0.2, 0) is 11.3 Å². The largest absolute Gasteiger partial charge is 0.399 e. The van der Waals surface area contributed by atoms with Crippen LogP contribution in [0.5, 0.6) is 0 Å². The highest BCUT2D eigenvalue weighted by Gasteiger charge is 2.15. The Morgan fingerprint density at radius 2 is 2.39 bits per heavy atom. The number of nitrogens with two attached hydrogens (primary N) is 1. The van der Waals surface area contributed by atoms with E-state index in [9.17, 15) is 4.79 Å². The lowest BCUT2D eigenvalue weighted by Crippen LogP contribution is -2.27. The minimum Gasteiger partial charge on any atom is -0.399 e. The molecular weight excluding hydrogens is 246 g/mol. The maximum absolute atomic E-state index is 12.0. The van der Waals surface area contributed by atoms with E-state index in [1.54, 1.807) is 6.20 Å². The molecule has 18 heavy (non-hydrogen) atoms. The van der Waals surface area contributed by atoms with Gasteiger partial charge in [0.15, 0.2) is 0 Å². The van der Waals surface area contributed by atoms with Crippen molar-refractivity contribution < 1.29 is 4.79 Å². The predicted molar refractivity (Wildman–Crippen MR) is 73.2 cm³/mol. The highest BCUT2D eigenvalue weighted by atomic mass is 32.1. The Morgan fingerprint density at radius 1 is 1.56 bits per heavy atom. The number of rotatable bonds is 4. The van der Waals surface area contributed by atoms with Crippen LogP contribution in [0.3, 0.4) is 0 Å². The first-order valence-electron chi connectivity index (χ1n) is 5.68. The molecule has 0 aliphatic carbocycles. The van der Waals surface area contributed by atoms with Crippen molar-refractivity contribution >= 4 is 22.9 Å². The Morgan fingerprint density at radius 3 is 3.06 bits per heavy atom. The molecule has 4 nitrogen and oxygen atoms in total. The molecule has 3 N–H and O–H groups in total. The molecule has 0 fully saturated rings. The number of nitrogens with one attached hydrogen (secondary N) is 1. The minimum absolute atomic E-state index is 0.0178. The second-order valence-electron chi connectivity index (χ2n) is 4.04. The summed E-state index contributed by atoms with van der Waals surface area (Å²) in [6.07, 6.45) is 1.73. The Kier molecular flexibility index (Phi) is 3.94. The highest BCUT2D eigenvalue weighted by Crippen LogP contribution is 2.18. The highest BCUT2D eigenvalue weighted by molar-refractivity contribution is 7.09. The third kappa shape index (κ3) is 3.07. The number of anilines is 1. The summed E-state index contributed by atoms with van der Waals surface area (Å²) >= 11 is 1.53. The molecule has 0 saturated heterocycles. The van der Waals surface area contributed by atoms with E-state index in [2.05, 4.69) is 10.3 Å². The van der Waals surface area contributed by atoms with Gasteiger partial charge in [0.05, 0.1) is 12.5 Å². The van der Waals surface area contributed by atoms with E-state index in [1.807, 2.05) is 36.6 Å². The van der Waals surface area contributed by atoms with Crippen molar-refractivity contribution in [1.82, 2.24) is 10.3 Å². The average molecular weight is 261 g/mol. The summed E-state index contributed by atoms with van der Waals surface area (Å²) in [5, 5.41) is 5.67. The van der Waals surface area contributed by atoms with Crippen LogP contribution < -0.4 is 11.1 Å². The van der Waals surface area contributed by atoms with Crippen LogP contribution in [0.4, 0.5) is 5.69 Å². The van der Waals surface area contributed by atoms with Crippen molar-refractivity contribution in [2.45, 2.75) is 19.4 Å².